The molecular weight excluding hydrogens is 881 g/mol. The quantitative estimate of drug-likeness (QED) is 0.133. The molecule has 4 atom stereocenters. The lowest BCUT2D eigenvalue weighted by Gasteiger charge is -2.49. The molecule has 4 aromatic carbocycles. The number of nitrogens with zero attached hydrogens (tertiary/aromatic N) is 6. The largest absolute Gasteiger partial charge is 0.466 e. The van der Waals surface area contributed by atoms with Gasteiger partial charge in [0.25, 0.3) is 0 Å². The first-order chi connectivity index (χ1) is 33.5. The Morgan fingerprint density at radius 1 is 0.522 bits per heavy atom. The number of likely N-dealkylation sites (tertiary alicyclic amines) is 2. The van der Waals surface area contributed by atoms with Crippen molar-refractivity contribution >= 4 is 58.7 Å². The highest BCUT2D eigenvalue weighted by Crippen LogP contribution is 2.58. The molecule has 6 heterocycles. The molecule has 10 rings (SSSR count). The number of amides is 2. The smallest absolute Gasteiger partial charge is 0.357 e. The van der Waals surface area contributed by atoms with Gasteiger partial charge < -0.3 is 28.7 Å². The van der Waals surface area contributed by atoms with Gasteiger partial charge in [0, 0.05) is 37.3 Å². The molecule has 0 N–H and O–H groups in total. The van der Waals surface area contributed by atoms with Crippen LogP contribution < -0.4 is 9.80 Å². The van der Waals surface area contributed by atoms with Gasteiger partial charge in [-0.3, -0.25) is 19.4 Å². The van der Waals surface area contributed by atoms with E-state index in [1.54, 1.807) is 9.80 Å². The molecule has 0 radical (unpaired) electrons. The fourth-order valence-electron chi connectivity index (χ4n) is 11.8. The number of anilines is 2. The Hall–Kier alpha value is -7.88. The van der Waals surface area contributed by atoms with Crippen molar-refractivity contribution in [3.8, 4) is 0 Å². The van der Waals surface area contributed by atoms with E-state index in [2.05, 4.69) is 9.80 Å². The molecule has 2 amide bonds. The van der Waals surface area contributed by atoms with E-state index >= 15 is 0 Å². The maximum atomic E-state index is 14.3. The Kier molecular flexibility index (Phi) is 11.5. The Balaban J connectivity index is 1.09. The van der Waals surface area contributed by atoms with Gasteiger partial charge in [-0.25, -0.2) is 29.2 Å². The first-order valence-corrected chi connectivity index (χ1v) is 22.9. The van der Waals surface area contributed by atoms with E-state index in [0.29, 0.717) is 18.1 Å². The van der Waals surface area contributed by atoms with Crippen LogP contribution in [0.25, 0.3) is 0 Å². The van der Waals surface area contributed by atoms with Crippen LogP contribution in [0.1, 0.15) is 54.4 Å². The summed E-state index contributed by atoms with van der Waals surface area (Å²) in [4.78, 5) is 102. The van der Waals surface area contributed by atoms with Crippen LogP contribution in [0.4, 0.5) is 11.4 Å². The zero-order chi connectivity index (χ0) is 48.2. The molecule has 0 saturated carbocycles. The highest BCUT2D eigenvalue weighted by molar-refractivity contribution is 6.17. The van der Waals surface area contributed by atoms with Gasteiger partial charge in [0.15, 0.2) is 11.4 Å². The number of fused-ring (bicyclic) bond motifs is 2. The van der Waals surface area contributed by atoms with Gasteiger partial charge in [-0.1, -0.05) is 97.1 Å². The lowest BCUT2D eigenvalue weighted by Crippen LogP contribution is -2.63. The SMILES string of the molecule is COC(=O)C1=C(C(=O)OC)C2N(CCCN3c4ccccc4[C@]45CCC(=O)N(Cc6ccccc6)C4=NC(C(=O)OC)=C(C(=O)OC)C35)c3ccccc3[C@@]23CCC(=O)N(Cc2ccccc2)C3=N1. The topological polar surface area (TPSA) is 177 Å². The molecule has 2 spiro atoms. The van der Waals surface area contributed by atoms with Crippen LogP contribution in [-0.4, -0.2) is 111 Å². The summed E-state index contributed by atoms with van der Waals surface area (Å²) in [5.74, 6) is -2.88. The second-order valence-corrected chi connectivity index (χ2v) is 17.8. The maximum absolute atomic E-state index is 14.3. The lowest BCUT2D eigenvalue weighted by molar-refractivity contribution is -0.140. The van der Waals surface area contributed by atoms with Crippen LogP contribution >= 0.6 is 0 Å². The van der Waals surface area contributed by atoms with Crippen molar-refractivity contribution in [2.45, 2.75) is 68.1 Å². The van der Waals surface area contributed by atoms with Crippen LogP contribution in [0.3, 0.4) is 0 Å². The minimum absolute atomic E-state index is 0.0147. The number of rotatable bonds is 12. The molecule has 0 bridgehead atoms. The van der Waals surface area contributed by atoms with Crippen LogP contribution in [0.5, 0.6) is 0 Å². The summed E-state index contributed by atoms with van der Waals surface area (Å²) in [6.07, 6.45) is 1.25. The molecule has 0 aromatic heterocycles. The van der Waals surface area contributed by atoms with Crippen molar-refractivity contribution in [1.29, 1.82) is 0 Å². The predicted octanol–water partition coefficient (Wildman–Crippen LogP) is 5.30. The number of para-hydroxylation sites is 2. The zero-order valence-corrected chi connectivity index (χ0v) is 38.7. The van der Waals surface area contributed by atoms with Crippen molar-refractivity contribution < 1.29 is 47.7 Å². The van der Waals surface area contributed by atoms with E-state index in [-0.39, 0.29) is 86.2 Å². The minimum Gasteiger partial charge on any atom is -0.466 e. The average Bonchev–Trinajstić information content (AvgIpc) is 3.83. The van der Waals surface area contributed by atoms with Crippen molar-refractivity contribution in [2.75, 3.05) is 51.3 Å². The Morgan fingerprint density at radius 2 is 0.884 bits per heavy atom. The molecule has 16 heteroatoms. The van der Waals surface area contributed by atoms with Crippen molar-refractivity contribution in [2.24, 2.45) is 9.98 Å². The summed E-state index contributed by atoms with van der Waals surface area (Å²) in [6.45, 7) is 0.935. The number of benzene rings is 4. The monoisotopic (exact) mass is 930 g/mol. The van der Waals surface area contributed by atoms with Gasteiger partial charge in [-0.2, -0.15) is 0 Å². The number of carbonyl (C=O) groups excluding carboxylic acids is 6. The summed E-state index contributed by atoms with van der Waals surface area (Å²) in [6, 6.07) is 32.9. The number of hydrogen-bond donors (Lipinski definition) is 0. The molecule has 2 saturated heterocycles. The molecule has 2 unspecified atom stereocenters. The average molecular weight is 931 g/mol. The number of hydrogen-bond acceptors (Lipinski definition) is 14. The second kappa shape index (κ2) is 17.6. The van der Waals surface area contributed by atoms with Gasteiger partial charge in [-0.05, 0) is 53.6 Å². The molecule has 6 aliphatic rings. The standard InChI is InChI=1S/C53H50N6O10/c1-66-46(62)40-42(48(64)68-3)54-50-52(26-24-38(60)58(50)30-32-16-7-5-8-17-32)34-20-11-13-22-36(34)56(44(40)52)28-15-29-57-37-23-14-12-21-35(37)53-27-25-39(61)59(31-33-18-9-6-10-19-33)51(53)55-43(49(65)69-4)41(45(53)57)47(63)67-2/h5-14,16-23,44-45H,15,24-31H2,1-4H3/t44?,45?,52-,53-/m0/s1. The summed E-state index contributed by atoms with van der Waals surface area (Å²) in [7, 11) is 4.95. The third-order valence-corrected chi connectivity index (χ3v) is 14.5. The summed E-state index contributed by atoms with van der Waals surface area (Å²) >= 11 is 0. The third kappa shape index (κ3) is 6.86. The molecule has 6 aliphatic heterocycles. The van der Waals surface area contributed by atoms with Crippen molar-refractivity contribution in [1.82, 2.24) is 9.80 Å². The van der Waals surface area contributed by atoms with Crippen LogP contribution in [-0.2, 0) is 71.6 Å². The van der Waals surface area contributed by atoms with Gasteiger partial charge >= 0.3 is 23.9 Å². The molecule has 0 aliphatic carbocycles. The van der Waals surface area contributed by atoms with E-state index < -0.39 is 46.8 Å². The number of amidine groups is 2. The fourth-order valence-corrected chi connectivity index (χ4v) is 11.8. The number of ether oxygens (including phenoxy) is 4. The highest BCUT2D eigenvalue weighted by atomic mass is 16.5. The first-order valence-electron chi connectivity index (χ1n) is 22.9. The van der Waals surface area contributed by atoms with E-state index in [1.165, 1.54) is 28.4 Å². The molecule has 69 heavy (non-hydrogen) atoms. The van der Waals surface area contributed by atoms with E-state index in [9.17, 15) is 28.8 Å². The number of aliphatic imine (C=N–C) groups is 2. The number of esters is 4. The number of piperidine rings is 2. The van der Waals surface area contributed by atoms with E-state index in [1.807, 2.05) is 109 Å². The van der Waals surface area contributed by atoms with Crippen LogP contribution in [0.15, 0.2) is 142 Å². The summed E-state index contributed by atoms with van der Waals surface area (Å²) < 4.78 is 21.4. The third-order valence-electron chi connectivity index (χ3n) is 14.5. The summed E-state index contributed by atoms with van der Waals surface area (Å²) in [5, 5.41) is 0. The van der Waals surface area contributed by atoms with E-state index in [0.717, 1.165) is 33.6 Å². The normalized spacial score (nSPS) is 23.2. The highest BCUT2D eigenvalue weighted by Gasteiger charge is 2.65. The lowest BCUT2D eigenvalue weighted by atomic mass is 9.65. The van der Waals surface area contributed by atoms with E-state index in [4.69, 9.17) is 28.9 Å². The number of methoxy groups -OCH3 is 4. The predicted molar refractivity (Wildman–Crippen MR) is 253 cm³/mol. The maximum Gasteiger partial charge on any atom is 0.357 e. The summed E-state index contributed by atoms with van der Waals surface area (Å²) in [5.41, 5.74) is 2.34. The first kappa shape index (κ1) is 44.9. The minimum atomic E-state index is -1.08. The van der Waals surface area contributed by atoms with Gasteiger partial charge in [0.1, 0.15) is 11.7 Å². The molecule has 2 fully saturated rings. The molecule has 16 nitrogen and oxygen atoms in total. The molecule has 4 aromatic rings. The zero-order valence-electron chi connectivity index (χ0n) is 38.7. The molecule has 352 valence electrons. The number of carbonyl (C=O) groups is 6. The Morgan fingerprint density at radius 3 is 1.26 bits per heavy atom. The van der Waals surface area contributed by atoms with Crippen molar-refractivity contribution in [3.05, 3.63) is 154 Å². The second-order valence-electron chi connectivity index (χ2n) is 17.8. The van der Waals surface area contributed by atoms with Gasteiger partial charge in [0.2, 0.25) is 11.8 Å². The van der Waals surface area contributed by atoms with Crippen LogP contribution in [0, 0.1) is 0 Å². The Labute approximate surface area is 398 Å². The fraction of sp³-hybridized carbons (Fsp3) is 0.321. The van der Waals surface area contributed by atoms with Gasteiger partial charge in [0.05, 0.1) is 75.6 Å². The Bertz CT molecular complexity index is 2750. The van der Waals surface area contributed by atoms with Crippen LogP contribution in [0.2, 0.25) is 0 Å². The van der Waals surface area contributed by atoms with Gasteiger partial charge in [-0.15, -0.1) is 0 Å². The van der Waals surface area contributed by atoms with Crippen molar-refractivity contribution in [3.63, 3.8) is 0 Å². The molecular formula is C53H50N6O10.